The first-order valence-electron chi connectivity index (χ1n) is 6.56. The fraction of sp³-hybridized carbons (Fsp3) is 1.00. The highest BCUT2D eigenvalue weighted by atomic mass is 14.9. The van der Waals surface area contributed by atoms with Crippen LogP contribution in [0.15, 0.2) is 0 Å². The van der Waals surface area contributed by atoms with Crippen LogP contribution in [0.25, 0.3) is 0 Å². The van der Waals surface area contributed by atoms with Gasteiger partial charge in [0.1, 0.15) is 0 Å². The van der Waals surface area contributed by atoms with Crippen LogP contribution < -0.4 is 5.32 Å². The van der Waals surface area contributed by atoms with E-state index in [4.69, 9.17) is 0 Å². The van der Waals surface area contributed by atoms with Crippen LogP contribution in [0.4, 0.5) is 0 Å². The zero-order chi connectivity index (χ0) is 10.4. The van der Waals surface area contributed by atoms with Crippen molar-refractivity contribution in [3.05, 3.63) is 0 Å². The molecule has 1 heteroatoms. The molecule has 1 N–H and O–H groups in total. The lowest BCUT2D eigenvalue weighted by atomic mass is 9.87. The molecule has 0 aromatic heterocycles. The summed E-state index contributed by atoms with van der Waals surface area (Å²) in [6.07, 6.45) is 9.65. The Labute approximate surface area is 89.7 Å². The Hall–Kier alpha value is -0.0400. The summed E-state index contributed by atoms with van der Waals surface area (Å²) in [5.41, 5.74) is 0. The Kier molecular flexibility index (Phi) is 5.54. The second-order valence-corrected chi connectivity index (χ2v) is 4.81. The van der Waals surface area contributed by atoms with Crippen molar-refractivity contribution in [2.24, 2.45) is 5.92 Å². The topological polar surface area (TPSA) is 12.0 Å². The summed E-state index contributed by atoms with van der Waals surface area (Å²) in [5, 5.41) is 3.80. The predicted molar refractivity (Wildman–Crippen MR) is 63.5 cm³/mol. The summed E-state index contributed by atoms with van der Waals surface area (Å²) in [7, 11) is 0. The molecule has 0 aromatic rings. The highest BCUT2D eigenvalue weighted by Gasteiger charge is 2.19. The molecule has 0 amide bonds. The van der Waals surface area contributed by atoms with Crippen LogP contribution in [0.3, 0.4) is 0 Å². The quantitative estimate of drug-likeness (QED) is 0.727. The third-order valence-corrected chi connectivity index (χ3v) is 3.88. The van der Waals surface area contributed by atoms with Gasteiger partial charge in [0.2, 0.25) is 0 Å². The van der Waals surface area contributed by atoms with Crippen molar-refractivity contribution in [2.45, 2.75) is 77.8 Å². The van der Waals surface area contributed by atoms with E-state index >= 15 is 0 Å². The van der Waals surface area contributed by atoms with Crippen molar-refractivity contribution in [3.63, 3.8) is 0 Å². The van der Waals surface area contributed by atoms with Gasteiger partial charge in [-0.25, -0.2) is 0 Å². The van der Waals surface area contributed by atoms with Gasteiger partial charge in [0, 0.05) is 12.1 Å². The molecule has 2 unspecified atom stereocenters. The van der Waals surface area contributed by atoms with E-state index in [9.17, 15) is 0 Å². The molecule has 1 saturated heterocycles. The van der Waals surface area contributed by atoms with Gasteiger partial charge in [-0.2, -0.15) is 0 Å². The van der Waals surface area contributed by atoms with Crippen LogP contribution in [0, 0.1) is 5.92 Å². The number of rotatable bonds is 3. The number of hydrogen-bond donors (Lipinski definition) is 1. The van der Waals surface area contributed by atoms with Crippen molar-refractivity contribution < 1.29 is 0 Å². The Morgan fingerprint density at radius 3 is 1.64 bits per heavy atom. The lowest BCUT2D eigenvalue weighted by molar-refractivity contribution is 0.278. The largest absolute Gasteiger partial charge is 0.311 e. The second-order valence-electron chi connectivity index (χ2n) is 4.81. The van der Waals surface area contributed by atoms with Crippen LogP contribution in [0.5, 0.6) is 0 Å². The van der Waals surface area contributed by atoms with Gasteiger partial charge >= 0.3 is 0 Å². The van der Waals surface area contributed by atoms with E-state index < -0.39 is 0 Å². The first kappa shape index (κ1) is 12.0. The summed E-state index contributed by atoms with van der Waals surface area (Å²) in [4.78, 5) is 0. The normalized spacial score (nSPS) is 34.9. The van der Waals surface area contributed by atoms with Gasteiger partial charge in [-0.05, 0) is 44.4 Å². The number of nitrogens with one attached hydrogen (secondary N) is 1. The van der Waals surface area contributed by atoms with Crippen molar-refractivity contribution in [1.82, 2.24) is 5.32 Å². The molecule has 0 aliphatic carbocycles. The zero-order valence-corrected chi connectivity index (χ0v) is 10.2. The third kappa shape index (κ3) is 3.61. The van der Waals surface area contributed by atoms with Crippen LogP contribution in [0.1, 0.15) is 65.7 Å². The standard InChI is InChI=1S/C13H27N/c1-4-11-7-9-12(5-2)14-13(6-3)10-8-11/h11-14H,4-10H2,1-3H3. The van der Waals surface area contributed by atoms with Crippen LogP contribution in [-0.4, -0.2) is 12.1 Å². The maximum Gasteiger partial charge on any atom is 0.00671 e. The van der Waals surface area contributed by atoms with E-state index in [2.05, 4.69) is 26.1 Å². The molecule has 1 aliphatic heterocycles. The fourth-order valence-electron chi connectivity index (χ4n) is 2.57. The maximum absolute atomic E-state index is 3.80. The van der Waals surface area contributed by atoms with Crippen molar-refractivity contribution in [3.8, 4) is 0 Å². The molecule has 1 nitrogen and oxygen atoms in total. The minimum Gasteiger partial charge on any atom is -0.311 e. The molecular weight excluding hydrogens is 170 g/mol. The van der Waals surface area contributed by atoms with Crippen molar-refractivity contribution in [1.29, 1.82) is 0 Å². The summed E-state index contributed by atoms with van der Waals surface area (Å²) in [5.74, 6) is 1.00. The zero-order valence-electron chi connectivity index (χ0n) is 10.2. The van der Waals surface area contributed by atoms with E-state index in [1.54, 1.807) is 0 Å². The van der Waals surface area contributed by atoms with Crippen molar-refractivity contribution in [2.75, 3.05) is 0 Å². The monoisotopic (exact) mass is 197 g/mol. The minimum atomic E-state index is 0.786. The van der Waals surface area contributed by atoms with E-state index in [1.807, 2.05) is 0 Å². The summed E-state index contributed by atoms with van der Waals surface area (Å²) in [6, 6.07) is 1.57. The molecule has 0 bridgehead atoms. The fourth-order valence-corrected chi connectivity index (χ4v) is 2.57. The van der Waals surface area contributed by atoms with Gasteiger partial charge in [0.15, 0.2) is 0 Å². The summed E-state index contributed by atoms with van der Waals surface area (Å²) >= 11 is 0. The maximum atomic E-state index is 3.80. The van der Waals surface area contributed by atoms with Gasteiger partial charge in [-0.15, -0.1) is 0 Å². The first-order chi connectivity index (χ1) is 6.80. The van der Waals surface area contributed by atoms with Gasteiger partial charge in [0.05, 0.1) is 0 Å². The SMILES string of the molecule is CCC1CCC(CC)NC(CC)CC1. The molecule has 2 atom stereocenters. The Morgan fingerprint density at radius 2 is 1.29 bits per heavy atom. The Morgan fingerprint density at radius 1 is 0.786 bits per heavy atom. The van der Waals surface area contributed by atoms with Crippen LogP contribution >= 0.6 is 0 Å². The average Bonchev–Trinajstić information content (AvgIpc) is 2.19. The molecule has 0 radical (unpaired) electrons. The van der Waals surface area contributed by atoms with E-state index in [-0.39, 0.29) is 0 Å². The average molecular weight is 197 g/mol. The number of hydrogen-bond acceptors (Lipinski definition) is 1. The summed E-state index contributed by atoms with van der Waals surface area (Å²) in [6.45, 7) is 6.97. The molecule has 1 rings (SSSR count). The van der Waals surface area contributed by atoms with E-state index in [1.165, 1.54) is 44.9 Å². The second kappa shape index (κ2) is 6.44. The van der Waals surface area contributed by atoms with Gasteiger partial charge in [-0.1, -0.05) is 27.2 Å². The molecule has 1 aliphatic rings. The smallest absolute Gasteiger partial charge is 0.00671 e. The van der Waals surface area contributed by atoms with Crippen molar-refractivity contribution >= 4 is 0 Å². The van der Waals surface area contributed by atoms with Crippen LogP contribution in [-0.2, 0) is 0 Å². The molecule has 0 spiro atoms. The summed E-state index contributed by atoms with van der Waals surface area (Å²) < 4.78 is 0. The molecule has 0 saturated carbocycles. The highest BCUT2D eigenvalue weighted by molar-refractivity contribution is 4.78. The van der Waals surface area contributed by atoms with E-state index in [0.29, 0.717) is 0 Å². The van der Waals surface area contributed by atoms with E-state index in [0.717, 1.165) is 18.0 Å². The lowest BCUT2D eigenvalue weighted by Crippen LogP contribution is -2.39. The van der Waals surface area contributed by atoms with Crippen LogP contribution in [0.2, 0.25) is 0 Å². The first-order valence-corrected chi connectivity index (χ1v) is 6.56. The highest BCUT2D eigenvalue weighted by Crippen LogP contribution is 2.24. The molecule has 0 aromatic carbocycles. The van der Waals surface area contributed by atoms with Gasteiger partial charge < -0.3 is 5.32 Å². The molecule has 1 heterocycles. The Bertz CT molecular complexity index is 130. The van der Waals surface area contributed by atoms with Gasteiger partial charge in [0.25, 0.3) is 0 Å². The molecular formula is C13H27N. The lowest BCUT2D eigenvalue weighted by Gasteiger charge is -2.30. The third-order valence-electron chi connectivity index (χ3n) is 3.88. The molecule has 1 fully saturated rings. The minimum absolute atomic E-state index is 0.786. The molecule has 84 valence electrons. The molecule has 14 heavy (non-hydrogen) atoms. The predicted octanol–water partition coefficient (Wildman–Crippen LogP) is 3.73. The Balaban J connectivity index is 2.45. The van der Waals surface area contributed by atoms with Gasteiger partial charge in [-0.3, -0.25) is 0 Å².